The Balaban J connectivity index is 3.16. The van der Waals surface area contributed by atoms with Crippen molar-refractivity contribution in [1.29, 1.82) is 0 Å². The van der Waals surface area contributed by atoms with E-state index in [2.05, 4.69) is 6.92 Å². The summed E-state index contributed by atoms with van der Waals surface area (Å²) in [6, 6.07) is 0. The predicted octanol–water partition coefficient (Wildman–Crippen LogP) is 2.58. The summed E-state index contributed by atoms with van der Waals surface area (Å²) < 4.78 is 10.7. The molecule has 0 aromatic heterocycles. The third-order valence-electron chi connectivity index (χ3n) is 2.07. The Bertz CT molecular complexity index is 157. The van der Waals surface area contributed by atoms with Gasteiger partial charge in [-0.05, 0) is 20.3 Å². The van der Waals surface area contributed by atoms with Gasteiger partial charge in [0.15, 0.2) is 5.78 Å². The molecule has 0 fully saturated rings. The summed E-state index contributed by atoms with van der Waals surface area (Å²) >= 11 is 0. The van der Waals surface area contributed by atoms with Crippen molar-refractivity contribution < 1.29 is 14.3 Å². The Morgan fingerprint density at radius 1 is 1.27 bits per heavy atom. The van der Waals surface area contributed by atoms with Crippen LogP contribution in [0.25, 0.3) is 0 Å². The highest BCUT2D eigenvalue weighted by Crippen LogP contribution is 2.00. The number of Topliss-reactive ketones (excluding diaryl/α,β-unsaturated/α-hetero) is 1. The molecule has 15 heavy (non-hydrogen) atoms. The molecule has 0 aliphatic carbocycles. The van der Waals surface area contributed by atoms with Crippen LogP contribution in [0.4, 0.5) is 0 Å². The number of hydrogen-bond donors (Lipinski definition) is 0. The van der Waals surface area contributed by atoms with E-state index < -0.39 is 0 Å². The van der Waals surface area contributed by atoms with Crippen LogP contribution in [-0.2, 0) is 14.3 Å². The summed E-state index contributed by atoms with van der Waals surface area (Å²) in [6.07, 6.45) is 4.89. The Morgan fingerprint density at radius 2 is 2.00 bits per heavy atom. The van der Waals surface area contributed by atoms with E-state index in [1.165, 1.54) is 26.2 Å². The highest BCUT2D eigenvalue weighted by Gasteiger charge is 2.03. The summed E-state index contributed by atoms with van der Waals surface area (Å²) in [7, 11) is 0. The molecule has 0 amide bonds. The van der Waals surface area contributed by atoms with Gasteiger partial charge in [-0.25, -0.2) is 0 Å². The van der Waals surface area contributed by atoms with Crippen LogP contribution < -0.4 is 0 Å². The maximum atomic E-state index is 10.6. The molecule has 0 saturated heterocycles. The Morgan fingerprint density at radius 3 is 2.60 bits per heavy atom. The van der Waals surface area contributed by atoms with Crippen LogP contribution >= 0.6 is 0 Å². The van der Waals surface area contributed by atoms with Gasteiger partial charge in [-0.15, -0.1) is 0 Å². The van der Waals surface area contributed by atoms with Crippen LogP contribution in [0.2, 0.25) is 0 Å². The summed E-state index contributed by atoms with van der Waals surface area (Å²) in [4.78, 5) is 10.6. The molecule has 3 heteroatoms. The van der Waals surface area contributed by atoms with E-state index in [4.69, 9.17) is 9.47 Å². The quantitative estimate of drug-likeness (QED) is 0.526. The first kappa shape index (κ1) is 14.6. The summed E-state index contributed by atoms with van der Waals surface area (Å²) in [5, 5.41) is 0. The number of carbonyl (C=O) groups excluding carboxylic acids is 1. The van der Waals surface area contributed by atoms with Crippen molar-refractivity contribution in [1.82, 2.24) is 0 Å². The average Bonchev–Trinajstić information content (AvgIpc) is 2.20. The van der Waals surface area contributed by atoms with Crippen molar-refractivity contribution >= 4 is 5.78 Å². The second-order valence-electron chi connectivity index (χ2n) is 3.96. The van der Waals surface area contributed by atoms with Gasteiger partial charge in [-0.1, -0.05) is 26.2 Å². The first-order valence-electron chi connectivity index (χ1n) is 5.85. The molecular weight excluding hydrogens is 192 g/mol. The normalized spacial score (nSPS) is 12.7. The van der Waals surface area contributed by atoms with Gasteiger partial charge < -0.3 is 9.47 Å². The van der Waals surface area contributed by atoms with Crippen LogP contribution in [0.3, 0.4) is 0 Å². The monoisotopic (exact) mass is 216 g/mol. The van der Waals surface area contributed by atoms with Crippen LogP contribution in [0, 0.1) is 0 Å². The second-order valence-corrected chi connectivity index (χ2v) is 3.96. The lowest BCUT2D eigenvalue weighted by atomic mass is 10.2. The largest absolute Gasteiger partial charge is 0.379 e. The van der Waals surface area contributed by atoms with Gasteiger partial charge in [0.05, 0.1) is 12.7 Å². The van der Waals surface area contributed by atoms with Crippen LogP contribution in [-0.4, -0.2) is 31.7 Å². The molecule has 0 heterocycles. The van der Waals surface area contributed by atoms with E-state index in [0.29, 0.717) is 6.61 Å². The van der Waals surface area contributed by atoms with Crippen molar-refractivity contribution in [2.45, 2.75) is 52.6 Å². The van der Waals surface area contributed by atoms with Gasteiger partial charge in [0.25, 0.3) is 0 Å². The molecular formula is C12H24O3. The highest BCUT2D eigenvalue weighted by atomic mass is 16.5. The van der Waals surface area contributed by atoms with Crippen molar-refractivity contribution in [3.8, 4) is 0 Å². The molecule has 0 saturated carbocycles. The molecule has 1 unspecified atom stereocenters. The third kappa shape index (κ3) is 11.5. The molecule has 0 aliphatic rings. The second kappa shape index (κ2) is 10.1. The first-order valence-corrected chi connectivity index (χ1v) is 5.85. The standard InChI is InChI=1S/C12H24O3/c1-4-5-6-7-8-14-10-12(3)15-9-11(2)13/h12H,4-10H2,1-3H3. The summed E-state index contributed by atoms with van der Waals surface area (Å²) in [6.45, 7) is 7.22. The van der Waals surface area contributed by atoms with E-state index in [0.717, 1.165) is 13.0 Å². The molecule has 0 bridgehead atoms. The molecule has 90 valence electrons. The molecule has 0 spiro atoms. The molecule has 0 radical (unpaired) electrons. The molecule has 0 aromatic carbocycles. The van der Waals surface area contributed by atoms with Gasteiger partial charge in [0.1, 0.15) is 6.61 Å². The molecule has 3 nitrogen and oxygen atoms in total. The van der Waals surface area contributed by atoms with E-state index in [1.54, 1.807) is 0 Å². The van der Waals surface area contributed by atoms with Crippen molar-refractivity contribution in [3.63, 3.8) is 0 Å². The van der Waals surface area contributed by atoms with Gasteiger partial charge in [0, 0.05) is 6.61 Å². The lowest BCUT2D eigenvalue weighted by molar-refractivity contribution is -0.124. The number of rotatable bonds is 10. The maximum absolute atomic E-state index is 10.6. The Labute approximate surface area is 93.1 Å². The molecule has 0 aliphatic heterocycles. The summed E-state index contributed by atoms with van der Waals surface area (Å²) in [5.74, 6) is 0.0600. The zero-order valence-electron chi connectivity index (χ0n) is 10.3. The number of hydrogen-bond acceptors (Lipinski definition) is 3. The molecule has 1 atom stereocenters. The van der Waals surface area contributed by atoms with Gasteiger partial charge in [-0.2, -0.15) is 0 Å². The van der Waals surface area contributed by atoms with Gasteiger partial charge in [-0.3, -0.25) is 4.79 Å². The first-order chi connectivity index (χ1) is 7.16. The molecule has 0 aromatic rings. The topological polar surface area (TPSA) is 35.5 Å². The van der Waals surface area contributed by atoms with Crippen molar-refractivity contribution in [3.05, 3.63) is 0 Å². The Hall–Kier alpha value is -0.410. The maximum Gasteiger partial charge on any atom is 0.155 e. The molecule has 0 N–H and O–H groups in total. The highest BCUT2D eigenvalue weighted by molar-refractivity contribution is 5.76. The third-order valence-corrected chi connectivity index (χ3v) is 2.07. The minimum Gasteiger partial charge on any atom is -0.379 e. The smallest absolute Gasteiger partial charge is 0.155 e. The van der Waals surface area contributed by atoms with E-state index in [9.17, 15) is 4.79 Å². The fourth-order valence-corrected chi connectivity index (χ4v) is 1.19. The average molecular weight is 216 g/mol. The van der Waals surface area contributed by atoms with E-state index >= 15 is 0 Å². The van der Waals surface area contributed by atoms with Crippen LogP contribution in [0.15, 0.2) is 0 Å². The van der Waals surface area contributed by atoms with Crippen molar-refractivity contribution in [2.75, 3.05) is 19.8 Å². The minimum atomic E-state index is 0.0140. The zero-order chi connectivity index (χ0) is 11.5. The van der Waals surface area contributed by atoms with Crippen molar-refractivity contribution in [2.24, 2.45) is 0 Å². The summed E-state index contributed by atoms with van der Waals surface area (Å²) in [5.41, 5.74) is 0. The van der Waals surface area contributed by atoms with E-state index in [-0.39, 0.29) is 18.5 Å². The van der Waals surface area contributed by atoms with Crippen LogP contribution in [0.5, 0.6) is 0 Å². The predicted molar refractivity (Wildman–Crippen MR) is 61.1 cm³/mol. The minimum absolute atomic E-state index is 0.0140. The SMILES string of the molecule is CCCCCCOCC(C)OCC(C)=O. The van der Waals surface area contributed by atoms with Gasteiger partial charge in [0.2, 0.25) is 0 Å². The van der Waals surface area contributed by atoms with Gasteiger partial charge >= 0.3 is 0 Å². The fraction of sp³-hybridized carbons (Fsp3) is 0.917. The number of carbonyl (C=O) groups is 1. The Kier molecular flexibility index (Phi) is 9.84. The lowest BCUT2D eigenvalue weighted by Crippen LogP contribution is -2.19. The molecule has 0 rings (SSSR count). The van der Waals surface area contributed by atoms with Crippen LogP contribution in [0.1, 0.15) is 46.5 Å². The fourth-order valence-electron chi connectivity index (χ4n) is 1.19. The lowest BCUT2D eigenvalue weighted by Gasteiger charge is -2.12. The zero-order valence-corrected chi connectivity index (χ0v) is 10.3. The number of unbranched alkanes of at least 4 members (excludes halogenated alkanes) is 3. The van der Waals surface area contributed by atoms with E-state index in [1.807, 2.05) is 6.92 Å². The number of ether oxygens (including phenoxy) is 2. The number of ketones is 1.